The third kappa shape index (κ3) is 0.961. The highest BCUT2D eigenvalue weighted by Gasteiger charge is 2.01. The van der Waals surface area contributed by atoms with Crippen molar-refractivity contribution in [1.82, 2.24) is 4.98 Å². The molecule has 0 aliphatic heterocycles. The van der Waals surface area contributed by atoms with Gasteiger partial charge < -0.3 is 9.88 Å². The lowest BCUT2D eigenvalue weighted by Gasteiger charge is -2.12. The van der Waals surface area contributed by atoms with Crippen LogP contribution in [-0.2, 0) is 0 Å². The van der Waals surface area contributed by atoms with Crippen LogP contribution < -0.4 is 4.90 Å². The number of H-pyrrole nitrogens is 1. The summed E-state index contributed by atoms with van der Waals surface area (Å²) < 4.78 is 0. The molecule has 2 aromatic rings. The summed E-state index contributed by atoms with van der Waals surface area (Å²) in [6.45, 7) is 0. The molecule has 12 heavy (non-hydrogen) atoms. The Hall–Kier alpha value is -1.44. The zero-order valence-corrected chi connectivity index (χ0v) is 7.26. The minimum absolute atomic E-state index is 1.14. The van der Waals surface area contributed by atoms with Crippen LogP contribution in [0.4, 0.5) is 5.69 Å². The highest BCUT2D eigenvalue weighted by Crippen LogP contribution is 2.22. The van der Waals surface area contributed by atoms with Gasteiger partial charge in [-0.2, -0.15) is 0 Å². The minimum atomic E-state index is 1.14. The maximum absolute atomic E-state index is 3.17. The van der Waals surface area contributed by atoms with E-state index in [1.54, 1.807) is 0 Å². The van der Waals surface area contributed by atoms with Crippen LogP contribution in [0.25, 0.3) is 10.9 Å². The summed E-state index contributed by atoms with van der Waals surface area (Å²) in [5.74, 6) is 0. The number of para-hydroxylation sites is 1. The van der Waals surface area contributed by atoms with Crippen LogP contribution in [0, 0.1) is 6.07 Å². The Balaban J connectivity index is 2.73. The zero-order chi connectivity index (χ0) is 8.55. The topological polar surface area (TPSA) is 19.0 Å². The number of aromatic amines is 1. The Morgan fingerprint density at radius 1 is 1.33 bits per heavy atom. The molecule has 0 saturated carbocycles. The molecular formula is C10H11N2. The average Bonchev–Trinajstić information content (AvgIpc) is 2.49. The fourth-order valence-corrected chi connectivity index (χ4v) is 1.37. The molecular weight excluding hydrogens is 148 g/mol. The second-order valence-electron chi connectivity index (χ2n) is 3.03. The molecule has 1 aromatic heterocycles. The molecule has 0 saturated heterocycles. The maximum atomic E-state index is 3.17. The second-order valence-corrected chi connectivity index (χ2v) is 3.03. The highest BCUT2D eigenvalue weighted by molar-refractivity contribution is 5.90. The Bertz CT molecular complexity index is 387. The van der Waals surface area contributed by atoms with E-state index in [9.17, 15) is 0 Å². The van der Waals surface area contributed by atoms with E-state index >= 15 is 0 Å². The van der Waals surface area contributed by atoms with Crippen molar-refractivity contribution >= 4 is 16.6 Å². The van der Waals surface area contributed by atoms with Gasteiger partial charge in [-0.15, -0.1) is 0 Å². The summed E-state index contributed by atoms with van der Waals surface area (Å²) in [4.78, 5) is 5.26. The van der Waals surface area contributed by atoms with Gasteiger partial charge in [-0.3, -0.25) is 0 Å². The fraction of sp³-hybridized carbons (Fsp3) is 0.200. The first-order valence-electron chi connectivity index (χ1n) is 3.94. The lowest BCUT2D eigenvalue weighted by molar-refractivity contribution is 1.14. The van der Waals surface area contributed by atoms with Crippen molar-refractivity contribution in [1.29, 1.82) is 0 Å². The number of hydrogen-bond acceptors (Lipinski definition) is 1. The van der Waals surface area contributed by atoms with Crippen LogP contribution in [0.1, 0.15) is 0 Å². The normalized spacial score (nSPS) is 10.5. The molecule has 2 nitrogen and oxygen atoms in total. The lowest BCUT2D eigenvalue weighted by atomic mass is 10.2. The van der Waals surface area contributed by atoms with E-state index in [2.05, 4.69) is 28.1 Å². The summed E-state index contributed by atoms with van der Waals surface area (Å²) in [6, 6.07) is 9.32. The summed E-state index contributed by atoms with van der Waals surface area (Å²) in [6.07, 6.45) is 1.84. The molecule has 1 N–H and O–H groups in total. The third-order valence-corrected chi connectivity index (χ3v) is 1.97. The predicted octanol–water partition coefficient (Wildman–Crippen LogP) is 2.03. The monoisotopic (exact) mass is 159 g/mol. The zero-order valence-electron chi connectivity index (χ0n) is 7.26. The van der Waals surface area contributed by atoms with Crippen molar-refractivity contribution in [2.24, 2.45) is 0 Å². The lowest BCUT2D eigenvalue weighted by Crippen LogP contribution is -2.08. The van der Waals surface area contributed by atoms with Crippen molar-refractivity contribution in [3.05, 3.63) is 30.5 Å². The number of aromatic nitrogens is 1. The fourth-order valence-electron chi connectivity index (χ4n) is 1.37. The predicted molar refractivity (Wildman–Crippen MR) is 51.5 cm³/mol. The molecule has 0 aliphatic carbocycles. The van der Waals surface area contributed by atoms with Crippen LogP contribution >= 0.6 is 0 Å². The summed E-state index contributed by atoms with van der Waals surface area (Å²) in [7, 11) is 4.07. The van der Waals surface area contributed by atoms with E-state index in [1.807, 2.05) is 26.4 Å². The first kappa shape index (κ1) is 7.22. The molecule has 1 aromatic carbocycles. The van der Waals surface area contributed by atoms with Crippen molar-refractivity contribution < 1.29 is 0 Å². The van der Waals surface area contributed by atoms with Gasteiger partial charge in [-0.05, 0) is 6.07 Å². The van der Waals surface area contributed by atoms with Gasteiger partial charge in [0.15, 0.2) is 0 Å². The van der Waals surface area contributed by atoms with Crippen molar-refractivity contribution in [2.45, 2.75) is 0 Å². The van der Waals surface area contributed by atoms with Crippen molar-refractivity contribution in [2.75, 3.05) is 19.0 Å². The molecule has 0 atom stereocenters. The number of anilines is 1. The smallest absolute Gasteiger partial charge is 0.0698 e. The number of fused-ring (bicyclic) bond motifs is 1. The second kappa shape index (κ2) is 2.55. The molecule has 2 rings (SSSR count). The first-order chi connectivity index (χ1) is 5.79. The standard InChI is InChI=1S/C10H11N2/c1-12(2)9-5-3-4-8-6-7-11-10(8)9/h3-5,7,11H,1-2H3. The van der Waals surface area contributed by atoms with Crippen LogP contribution in [0.2, 0.25) is 0 Å². The summed E-state index contributed by atoms with van der Waals surface area (Å²) >= 11 is 0. The quantitative estimate of drug-likeness (QED) is 0.674. The molecule has 0 amide bonds. The summed E-state index contributed by atoms with van der Waals surface area (Å²) in [5.41, 5.74) is 2.36. The molecule has 1 radical (unpaired) electrons. The van der Waals surface area contributed by atoms with E-state index in [0.717, 1.165) is 10.9 Å². The summed E-state index contributed by atoms with van der Waals surface area (Å²) in [5, 5.41) is 1.14. The van der Waals surface area contributed by atoms with E-state index in [0.29, 0.717) is 0 Å². The van der Waals surface area contributed by atoms with E-state index in [1.165, 1.54) is 5.69 Å². The van der Waals surface area contributed by atoms with Gasteiger partial charge in [0, 0.05) is 31.7 Å². The Labute approximate surface area is 71.8 Å². The minimum Gasteiger partial charge on any atom is -0.376 e. The van der Waals surface area contributed by atoms with E-state index in [4.69, 9.17) is 0 Å². The van der Waals surface area contributed by atoms with Gasteiger partial charge in [0.05, 0.1) is 11.2 Å². The number of nitrogens with one attached hydrogen (secondary N) is 1. The number of hydrogen-bond donors (Lipinski definition) is 1. The van der Waals surface area contributed by atoms with Crippen LogP contribution in [0.5, 0.6) is 0 Å². The number of nitrogens with zero attached hydrogens (tertiary/aromatic N) is 1. The third-order valence-electron chi connectivity index (χ3n) is 1.97. The molecule has 0 spiro atoms. The van der Waals surface area contributed by atoms with Gasteiger partial charge in [0.2, 0.25) is 0 Å². The molecule has 0 aliphatic rings. The van der Waals surface area contributed by atoms with Crippen molar-refractivity contribution in [3.63, 3.8) is 0 Å². The van der Waals surface area contributed by atoms with E-state index < -0.39 is 0 Å². The Kier molecular flexibility index (Phi) is 1.54. The Morgan fingerprint density at radius 2 is 2.17 bits per heavy atom. The van der Waals surface area contributed by atoms with Crippen LogP contribution in [-0.4, -0.2) is 19.1 Å². The molecule has 0 bridgehead atoms. The number of rotatable bonds is 1. The van der Waals surface area contributed by atoms with Gasteiger partial charge >= 0.3 is 0 Å². The Morgan fingerprint density at radius 3 is 2.92 bits per heavy atom. The average molecular weight is 159 g/mol. The molecule has 61 valence electrons. The first-order valence-corrected chi connectivity index (χ1v) is 3.94. The van der Waals surface area contributed by atoms with Crippen LogP contribution in [0.3, 0.4) is 0 Å². The SMILES string of the molecule is CN(C)c1cccc2[c]c[nH]c12. The maximum Gasteiger partial charge on any atom is 0.0698 e. The van der Waals surface area contributed by atoms with Gasteiger partial charge in [-0.25, -0.2) is 0 Å². The molecule has 0 fully saturated rings. The van der Waals surface area contributed by atoms with Gasteiger partial charge in [0.25, 0.3) is 0 Å². The van der Waals surface area contributed by atoms with Crippen molar-refractivity contribution in [3.8, 4) is 0 Å². The number of benzene rings is 1. The molecule has 2 heteroatoms. The van der Waals surface area contributed by atoms with E-state index in [-0.39, 0.29) is 0 Å². The molecule has 0 unspecified atom stereocenters. The van der Waals surface area contributed by atoms with Gasteiger partial charge in [-0.1, -0.05) is 12.1 Å². The van der Waals surface area contributed by atoms with Gasteiger partial charge in [0.1, 0.15) is 0 Å². The molecule has 1 heterocycles. The largest absolute Gasteiger partial charge is 0.376 e. The van der Waals surface area contributed by atoms with Crippen LogP contribution in [0.15, 0.2) is 24.4 Å². The highest BCUT2D eigenvalue weighted by atomic mass is 15.1.